The molecule has 3 N–H and O–H groups in total. The predicted octanol–water partition coefficient (Wildman–Crippen LogP) is 1.14. The molecule has 0 atom stereocenters. The Kier molecular flexibility index (Phi) is 3.94. The first-order chi connectivity index (χ1) is 8.70. The van der Waals surface area contributed by atoms with Gasteiger partial charge in [0.25, 0.3) is 0 Å². The second-order valence-electron chi connectivity index (χ2n) is 4.17. The summed E-state index contributed by atoms with van der Waals surface area (Å²) in [5.41, 5.74) is 8.06. The Hall–Kier alpha value is -1.88. The first-order valence-electron chi connectivity index (χ1n) is 6.02. The fourth-order valence-corrected chi connectivity index (χ4v) is 1.77. The Labute approximate surface area is 105 Å². The first-order valence-corrected chi connectivity index (χ1v) is 6.02. The number of para-hydroxylation sites is 1. The summed E-state index contributed by atoms with van der Waals surface area (Å²) in [4.78, 5) is 15.6. The number of fused-ring (bicyclic) bond motifs is 1. The van der Waals surface area contributed by atoms with Crippen LogP contribution in [-0.4, -0.2) is 24.0 Å². The lowest BCUT2D eigenvalue weighted by molar-refractivity contribution is -0.120. The molecule has 0 aliphatic rings. The molecule has 18 heavy (non-hydrogen) atoms. The number of amides is 1. The monoisotopic (exact) mass is 247 g/mol. The highest BCUT2D eigenvalue weighted by Gasteiger charge is 2.07. The Morgan fingerprint density at radius 3 is 3.06 bits per heavy atom. The lowest BCUT2D eigenvalue weighted by Crippen LogP contribution is -2.27. The van der Waals surface area contributed by atoms with Gasteiger partial charge in [0.1, 0.15) is 5.52 Å². The number of nitrogens with zero attached hydrogens (tertiary/aromatic N) is 1. The average molecular weight is 247 g/mol. The molecule has 0 unspecified atom stereocenters. The Bertz CT molecular complexity index is 548. The van der Waals surface area contributed by atoms with Gasteiger partial charge >= 0.3 is 0 Å². The SMILES string of the molecule is Cc1cccc2oc(CCNC(=O)CCN)nc12. The maximum Gasteiger partial charge on any atom is 0.221 e. The number of benzene rings is 1. The molecule has 96 valence electrons. The van der Waals surface area contributed by atoms with Crippen LogP contribution >= 0.6 is 0 Å². The van der Waals surface area contributed by atoms with Gasteiger partial charge < -0.3 is 15.5 Å². The summed E-state index contributed by atoms with van der Waals surface area (Å²) >= 11 is 0. The van der Waals surface area contributed by atoms with Crippen LogP contribution in [0.5, 0.6) is 0 Å². The molecule has 5 heteroatoms. The fraction of sp³-hybridized carbons (Fsp3) is 0.385. The second-order valence-corrected chi connectivity index (χ2v) is 4.17. The zero-order valence-electron chi connectivity index (χ0n) is 10.4. The van der Waals surface area contributed by atoms with E-state index >= 15 is 0 Å². The third-order valence-electron chi connectivity index (χ3n) is 2.70. The van der Waals surface area contributed by atoms with Crippen molar-refractivity contribution < 1.29 is 9.21 Å². The van der Waals surface area contributed by atoms with Gasteiger partial charge in [0.05, 0.1) is 0 Å². The highest BCUT2D eigenvalue weighted by molar-refractivity contribution is 5.76. The van der Waals surface area contributed by atoms with Crippen molar-refractivity contribution in [1.29, 1.82) is 0 Å². The largest absolute Gasteiger partial charge is 0.441 e. The van der Waals surface area contributed by atoms with Gasteiger partial charge in [0.15, 0.2) is 11.5 Å². The molecule has 1 aromatic heterocycles. The quantitative estimate of drug-likeness (QED) is 0.830. The molecule has 0 radical (unpaired) electrons. The van der Waals surface area contributed by atoms with Crippen molar-refractivity contribution in [2.24, 2.45) is 5.73 Å². The minimum Gasteiger partial charge on any atom is -0.441 e. The number of aryl methyl sites for hydroxylation is 1. The molecule has 1 heterocycles. The Morgan fingerprint density at radius 2 is 2.33 bits per heavy atom. The van der Waals surface area contributed by atoms with Crippen LogP contribution in [-0.2, 0) is 11.2 Å². The van der Waals surface area contributed by atoms with Crippen molar-refractivity contribution in [1.82, 2.24) is 10.3 Å². The Balaban J connectivity index is 1.96. The standard InChI is InChI=1S/C13H17N3O2/c1-9-3-2-4-10-13(9)16-12(18-10)6-8-15-11(17)5-7-14/h2-4H,5-8,14H2,1H3,(H,15,17). The van der Waals surface area contributed by atoms with E-state index in [1.807, 2.05) is 25.1 Å². The summed E-state index contributed by atoms with van der Waals surface area (Å²) in [6.07, 6.45) is 0.942. The molecule has 2 rings (SSSR count). The van der Waals surface area contributed by atoms with Crippen LogP contribution in [0.2, 0.25) is 0 Å². The number of rotatable bonds is 5. The number of nitrogens with two attached hydrogens (primary N) is 1. The molecule has 0 spiro atoms. The minimum atomic E-state index is -0.0372. The number of hydrogen-bond donors (Lipinski definition) is 2. The van der Waals surface area contributed by atoms with Crippen molar-refractivity contribution >= 4 is 17.0 Å². The van der Waals surface area contributed by atoms with E-state index in [1.165, 1.54) is 0 Å². The number of hydrogen-bond acceptors (Lipinski definition) is 4. The van der Waals surface area contributed by atoms with Gasteiger partial charge in [-0.05, 0) is 18.6 Å². The molecule has 1 amide bonds. The van der Waals surface area contributed by atoms with E-state index in [1.54, 1.807) is 0 Å². The second kappa shape index (κ2) is 5.64. The third-order valence-corrected chi connectivity index (χ3v) is 2.70. The summed E-state index contributed by atoms with van der Waals surface area (Å²) < 4.78 is 5.60. The summed E-state index contributed by atoms with van der Waals surface area (Å²) in [6.45, 7) is 2.89. The maximum absolute atomic E-state index is 11.2. The van der Waals surface area contributed by atoms with Gasteiger partial charge in [0.2, 0.25) is 5.91 Å². The third kappa shape index (κ3) is 2.87. The maximum atomic E-state index is 11.2. The molecule has 0 fully saturated rings. The molecular weight excluding hydrogens is 230 g/mol. The topological polar surface area (TPSA) is 81.2 Å². The molecule has 5 nitrogen and oxygen atoms in total. The highest BCUT2D eigenvalue weighted by atomic mass is 16.3. The van der Waals surface area contributed by atoms with Crippen LogP contribution in [0.25, 0.3) is 11.1 Å². The lowest BCUT2D eigenvalue weighted by Gasteiger charge is -2.01. The molecule has 1 aromatic carbocycles. The van der Waals surface area contributed by atoms with Crippen molar-refractivity contribution in [2.45, 2.75) is 19.8 Å². The number of carbonyl (C=O) groups is 1. The highest BCUT2D eigenvalue weighted by Crippen LogP contribution is 2.18. The van der Waals surface area contributed by atoms with Crippen LogP contribution < -0.4 is 11.1 Å². The van der Waals surface area contributed by atoms with Gasteiger partial charge in [-0.25, -0.2) is 4.98 Å². The first kappa shape index (κ1) is 12.6. The van der Waals surface area contributed by atoms with E-state index in [-0.39, 0.29) is 5.91 Å². The van der Waals surface area contributed by atoms with Crippen LogP contribution in [0.3, 0.4) is 0 Å². The van der Waals surface area contributed by atoms with Crippen molar-refractivity contribution in [3.05, 3.63) is 29.7 Å². The van der Waals surface area contributed by atoms with Crippen LogP contribution in [0.4, 0.5) is 0 Å². The van der Waals surface area contributed by atoms with Crippen LogP contribution in [0, 0.1) is 6.92 Å². The molecule has 0 bridgehead atoms. The normalized spacial score (nSPS) is 10.8. The summed E-state index contributed by atoms with van der Waals surface area (Å²) in [5.74, 6) is 0.608. The number of carbonyl (C=O) groups excluding carboxylic acids is 1. The summed E-state index contributed by atoms with van der Waals surface area (Å²) in [5, 5.41) is 2.77. The molecule has 2 aromatic rings. The van der Waals surface area contributed by atoms with Gasteiger partial charge in [-0.3, -0.25) is 4.79 Å². The van der Waals surface area contributed by atoms with Gasteiger partial charge in [-0.2, -0.15) is 0 Å². The predicted molar refractivity (Wildman–Crippen MR) is 69.1 cm³/mol. The molecule has 0 saturated carbocycles. The fourth-order valence-electron chi connectivity index (χ4n) is 1.77. The molecule has 0 aliphatic carbocycles. The number of oxazole rings is 1. The van der Waals surface area contributed by atoms with Gasteiger partial charge in [-0.1, -0.05) is 12.1 Å². The van der Waals surface area contributed by atoms with Crippen LogP contribution in [0.1, 0.15) is 17.9 Å². The minimum absolute atomic E-state index is 0.0372. The zero-order chi connectivity index (χ0) is 13.0. The van der Waals surface area contributed by atoms with Crippen LogP contribution in [0.15, 0.2) is 22.6 Å². The number of aromatic nitrogens is 1. The zero-order valence-corrected chi connectivity index (χ0v) is 10.4. The van der Waals surface area contributed by atoms with Gasteiger partial charge in [-0.15, -0.1) is 0 Å². The van der Waals surface area contributed by atoms with E-state index in [4.69, 9.17) is 10.2 Å². The van der Waals surface area contributed by atoms with E-state index in [0.717, 1.165) is 16.7 Å². The smallest absolute Gasteiger partial charge is 0.221 e. The molecule has 0 aliphatic heterocycles. The van der Waals surface area contributed by atoms with Crippen molar-refractivity contribution in [3.8, 4) is 0 Å². The van der Waals surface area contributed by atoms with E-state index in [9.17, 15) is 4.79 Å². The van der Waals surface area contributed by atoms with Crippen molar-refractivity contribution in [2.75, 3.05) is 13.1 Å². The van der Waals surface area contributed by atoms with Gasteiger partial charge in [0, 0.05) is 25.9 Å². The molecule has 0 saturated heterocycles. The average Bonchev–Trinajstić information content (AvgIpc) is 2.74. The summed E-state index contributed by atoms with van der Waals surface area (Å²) in [6, 6.07) is 5.83. The number of nitrogens with one attached hydrogen (secondary N) is 1. The summed E-state index contributed by atoms with van der Waals surface area (Å²) in [7, 11) is 0. The molecular formula is C13H17N3O2. The van der Waals surface area contributed by atoms with Crippen molar-refractivity contribution in [3.63, 3.8) is 0 Å². The Morgan fingerprint density at radius 1 is 1.50 bits per heavy atom. The van der Waals surface area contributed by atoms with E-state index < -0.39 is 0 Å². The van der Waals surface area contributed by atoms with E-state index in [0.29, 0.717) is 31.8 Å². The lowest BCUT2D eigenvalue weighted by atomic mass is 10.2. The van der Waals surface area contributed by atoms with E-state index in [2.05, 4.69) is 10.3 Å².